The maximum absolute atomic E-state index is 12.4. The zero-order valence-corrected chi connectivity index (χ0v) is 13.2. The molecule has 0 bridgehead atoms. The van der Waals surface area contributed by atoms with Crippen molar-refractivity contribution in [3.63, 3.8) is 0 Å². The lowest BCUT2D eigenvalue weighted by Gasteiger charge is -2.14. The number of nitrogens with zero attached hydrogens (tertiary/aromatic N) is 4. The molecule has 2 heterocycles. The molecule has 0 spiro atoms. The fraction of sp³-hybridized carbons (Fsp3) is 0.235. The van der Waals surface area contributed by atoms with Gasteiger partial charge in [0.25, 0.3) is 5.91 Å². The van der Waals surface area contributed by atoms with Gasteiger partial charge in [0, 0.05) is 24.0 Å². The molecule has 1 amide bonds. The summed E-state index contributed by atoms with van der Waals surface area (Å²) in [7, 11) is 0. The molecule has 0 saturated heterocycles. The van der Waals surface area contributed by atoms with Gasteiger partial charge in [-0.3, -0.25) is 4.79 Å². The van der Waals surface area contributed by atoms with E-state index in [-0.39, 0.29) is 11.9 Å². The molecule has 1 unspecified atom stereocenters. The van der Waals surface area contributed by atoms with Crippen molar-refractivity contribution in [3.05, 3.63) is 60.6 Å². The van der Waals surface area contributed by atoms with E-state index in [4.69, 9.17) is 0 Å². The second-order valence-electron chi connectivity index (χ2n) is 5.37. The second kappa shape index (κ2) is 6.48. The smallest absolute Gasteiger partial charge is 0.256 e. The zero-order valence-electron chi connectivity index (χ0n) is 13.2. The molecule has 0 aliphatic rings. The van der Waals surface area contributed by atoms with Gasteiger partial charge in [0.05, 0.1) is 17.9 Å². The SMILES string of the molecule is CCC(C)n1nccc1NC(=O)c1ccc(-n2cccn2)cc1. The van der Waals surface area contributed by atoms with Crippen molar-refractivity contribution in [1.82, 2.24) is 19.6 Å². The molecule has 1 atom stereocenters. The Morgan fingerprint density at radius 1 is 1.17 bits per heavy atom. The summed E-state index contributed by atoms with van der Waals surface area (Å²) in [6, 6.07) is 11.2. The second-order valence-corrected chi connectivity index (χ2v) is 5.37. The van der Waals surface area contributed by atoms with Crippen molar-refractivity contribution in [2.75, 3.05) is 5.32 Å². The van der Waals surface area contributed by atoms with Crippen molar-refractivity contribution >= 4 is 11.7 Å². The molecule has 3 rings (SSSR count). The zero-order chi connectivity index (χ0) is 16.2. The van der Waals surface area contributed by atoms with Gasteiger partial charge in [-0.15, -0.1) is 0 Å². The Balaban J connectivity index is 1.75. The summed E-state index contributed by atoms with van der Waals surface area (Å²) < 4.78 is 3.58. The highest BCUT2D eigenvalue weighted by molar-refractivity contribution is 6.03. The molecule has 1 aromatic carbocycles. The number of carbonyl (C=O) groups is 1. The molecular weight excluding hydrogens is 290 g/mol. The van der Waals surface area contributed by atoms with Crippen LogP contribution in [0.25, 0.3) is 5.69 Å². The van der Waals surface area contributed by atoms with Crippen LogP contribution in [-0.2, 0) is 0 Å². The molecule has 6 heteroatoms. The standard InChI is InChI=1S/C17H19N5O/c1-3-13(2)22-16(9-11-19-22)20-17(23)14-5-7-15(8-6-14)21-12-4-10-18-21/h4-13H,3H2,1-2H3,(H,20,23). The van der Waals surface area contributed by atoms with Crippen LogP contribution < -0.4 is 5.32 Å². The van der Waals surface area contributed by atoms with E-state index in [1.54, 1.807) is 29.2 Å². The molecule has 0 aliphatic heterocycles. The van der Waals surface area contributed by atoms with Gasteiger partial charge < -0.3 is 5.32 Å². The minimum absolute atomic E-state index is 0.151. The third kappa shape index (κ3) is 3.15. The number of hydrogen-bond donors (Lipinski definition) is 1. The topological polar surface area (TPSA) is 64.7 Å². The molecule has 0 fully saturated rings. The Hall–Kier alpha value is -2.89. The van der Waals surface area contributed by atoms with Gasteiger partial charge >= 0.3 is 0 Å². The quantitative estimate of drug-likeness (QED) is 0.786. The van der Waals surface area contributed by atoms with Crippen LogP contribution in [0.2, 0.25) is 0 Å². The van der Waals surface area contributed by atoms with Gasteiger partial charge in [0.15, 0.2) is 0 Å². The minimum atomic E-state index is -0.151. The average molecular weight is 309 g/mol. The van der Waals surface area contributed by atoms with Crippen LogP contribution in [0.1, 0.15) is 36.7 Å². The largest absolute Gasteiger partial charge is 0.307 e. The molecule has 118 valence electrons. The lowest BCUT2D eigenvalue weighted by molar-refractivity contribution is 0.102. The number of benzene rings is 1. The van der Waals surface area contributed by atoms with Crippen molar-refractivity contribution in [3.8, 4) is 5.69 Å². The average Bonchev–Trinajstić information content (AvgIpc) is 3.26. The summed E-state index contributed by atoms with van der Waals surface area (Å²) in [6.45, 7) is 4.16. The lowest BCUT2D eigenvalue weighted by Crippen LogP contribution is -2.17. The van der Waals surface area contributed by atoms with E-state index in [0.29, 0.717) is 11.4 Å². The Kier molecular flexibility index (Phi) is 4.23. The molecular formula is C17H19N5O. The number of carbonyl (C=O) groups excluding carboxylic acids is 1. The predicted octanol–water partition coefficient (Wildman–Crippen LogP) is 3.29. The lowest BCUT2D eigenvalue weighted by atomic mass is 10.2. The molecule has 0 aliphatic carbocycles. The summed E-state index contributed by atoms with van der Waals surface area (Å²) in [6.07, 6.45) is 6.22. The molecule has 2 aromatic heterocycles. The number of hydrogen-bond acceptors (Lipinski definition) is 3. The van der Waals surface area contributed by atoms with E-state index >= 15 is 0 Å². The predicted molar refractivity (Wildman–Crippen MR) is 88.7 cm³/mol. The molecule has 23 heavy (non-hydrogen) atoms. The summed E-state index contributed by atoms with van der Waals surface area (Å²) in [5, 5.41) is 11.4. The first kappa shape index (κ1) is 15.0. The van der Waals surface area contributed by atoms with Crippen molar-refractivity contribution in [2.45, 2.75) is 26.3 Å². The van der Waals surface area contributed by atoms with E-state index in [1.165, 1.54) is 0 Å². The van der Waals surface area contributed by atoms with Gasteiger partial charge in [-0.25, -0.2) is 9.36 Å². The van der Waals surface area contributed by atoms with Gasteiger partial charge in [-0.1, -0.05) is 6.92 Å². The monoisotopic (exact) mass is 309 g/mol. The summed E-state index contributed by atoms with van der Waals surface area (Å²) >= 11 is 0. The number of anilines is 1. The fourth-order valence-corrected chi connectivity index (χ4v) is 2.31. The van der Waals surface area contributed by atoms with Gasteiger partial charge in [0.1, 0.15) is 5.82 Å². The van der Waals surface area contributed by atoms with Crippen LogP contribution in [0.3, 0.4) is 0 Å². The van der Waals surface area contributed by atoms with Crippen LogP contribution in [0.15, 0.2) is 55.0 Å². The molecule has 0 radical (unpaired) electrons. The Bertz CT molecular complexity index is 774. The normalized spacial score (nSPS) is 12.1. The number of rotatable bonds is 5. The van der Waals surface area contributed by atoms with Crippen LogP contribution in [-0.4, -0.2) is 25.5 Å². The van der Waals surface area contributed by atoms with Gasteiger partial charge in [-0.2, -0.15) is 10.2 Å². The summed E-state index contributed by atoms with van der Waals surface area (Å²) in [5.41, 5.74) is 1.51. The maximum atomic E-state index is 12.4. The van der Waals surface area contributed by atoms with Crippen LogP contribution >= 0.6 is 0 Å². The molecule has 3 aromatic rings. The third-order valence-corrected chi connectivity index (χ3v) is 3.82. The van der Waals surface area contributed by atoms with E-state index in [0.717, 1.165) is 12.1 Å². The highest BCUT2D eigenvalue weighted by atomic mass is 16.1. The van der Waals surface area contributed by atoms with Crippen molar-refractivity contribution in [2.24, 2.45) is 0 Å². The Morgan fingerprint density at radius 2 is 1.96 bits per heavy atom. The highest BCUT2D eigenvalue weighted by Gasteiger charge is 2.12. The van der Waals surface area contributed by atoms with Crippen LogP contribution in [0.4, 0.5) is 5.82 Å². The number of aromatic nitrogens is 4. The van der Waals surface area contributed by atoms with E-state index in [2.05, 4.69) is 29.4 Å². The first-order valence-electron chi connectivity index (χ1n) is 7.64. The third-order valence-electron chi connectivity index (χ3n) is 3.82. The fourth-order valence-electron chi connectivity index (χ4n) is 2.31. The Morgan fingerprint density at radius 3 is 2.61 bits per heavy atom. The first-order valence-corrected chi connectivity index (χ1v) is 7.64. The molecule has 6 nitrogen and oxygen atoms in total. The summed E-state index contributed by atoms with van der Waals surface area (Å²) in [5.74, 6) is 0.558. The number of amides is 1. The first-order chi connectivity index (χ1) is 11.2. The summed E-state index contributed by atoms with van der Waals surface area (Å²) in [4.78, 5) is 12.4. The molecule has 0 saturated carbocycles. The Labute approximate surface area is 134 Å². The maximum Gasteiger partial charge on any atom is 0.256 e. The van der Waals surface area contributed by atoms with Crippen molar-refractivity contribution < 1.29 is 4.79 Å². The van der Waals surface area contributed by atoms with E-state index in [9.17, 15) is 4.79 Å². The van der Waals surface area contributed by atoms with E-state index in [1.807, 2.05) is 35.1 Å². The number of nitrogens with one attached hydrogen (secondary N) is 1. The van der Waals surface area contributed by atoms with Crippen LogP contribution in [0.5, 0.6) is 0 Å². The van der Waals surface area contributed by atoms with Gasteiger partial charge in [-0.05, 0) is 43.7 Å². The van der Waals surface area contributed by atoms with Crippen molar-refractivity contribution in [1.29, 1.82) is 0 Å². The van der Waals surface area contributed by atoms with Gasteiger partial charge in [0.2, 0.25) is 0 Å². The van der Waals surface area contributed by atoms with E-state index < -0.39 is 0 Å². The van der Waals surface area contributed by atoms with Crippen LogP contribution in [0, 0.1) is 0 Å². The molecule has 1 N–H and O–H groups in total. The highest BCUT2D eigenvalue weighted by Crippen LogP contribution is 2.17. The minimum Gasteiger partial charge on any atom is -0.307 e.